The van der Waals surface area contributed by atoms with Gasteiger partial charge in [-0.2, -0.15) is 0 Å². The third-order valence-corrected chi connectivity index (χ3v) is 12.6. The molecule has 0 amide bonds. The number of fused-ring (bicyclic) bond motifs is 5. The first-order chi connectivity index (χ1) is 15.3. The maximum absolute atomic E-state index is 6.59. The minimum Gasteiger partial charge on any atom is -0.414 e. The van der Waals surface area contributed by atoms with Crippen LogP contribution in [0.4, 0.5) is 0 Å². The Morgan fingerprint density at radius 3 is 2.33 bits per heavy atom. The summed E-state index contributed by atoms with van der Waals surface area (Å²) in [5, 5.41) is 0. The van der Waals surface area contributed by atoms with Crippen molar-refractivity contribution in [2.45, 2.75) is 131 Å². The van der Waals surface area contributed by atoms with Crippen LogP contribution in [-0.4, -0.2) is 14.4 Å². The van der Waals surface area contributed by atoms with Crippen molar-refractivity contribution in [3.8, 4) is 0 Å². The summed E-state index contributed by atoms with van der Waals surface area (Å²) >= 11 is 0. The lowest BCUT2D eigenvalue weighted by molar-refractivity contribution is -0.0565. The fourth-order valence-corrected chi connectivity index (χ4v) is 10.5. The van der Waals surface area contributed by atoms with E-state index in [0.29, 0.717) is 16.9 Å². The van der Waals surface area contributed by atoms with Crippen molar-refractivity contribution in [2.24, 2.45) is 52.3 Å². The Balaban J connectivity index is 1.46. The summed E-state index contributed by atoms with van der Waals surface area (Å²) < 4.78 is 6.59. The SMILES string of the molecule is CC(C)[C@H](C)CC[C@@H](C)[C@H]1CCC2C3CC=C4C[C@@H](O[Si](C)(C)C)CC[C@]4(C)C3CC[C@@]21C. The van der Waals surface area contributed by atoms with Crippen molar-refractivity contribution in [1.29, 1.82) is 0 Å². The van der Waals surface area contributed by atoms with E-state index in [1.807, 2.05) is 0 Å². The first-order valence-electron chi connectivity index (χ1n) is 14.7. The van der Waals surface area contributed by atoms with Gasteiger partial charge in [-0.1, -0.05) is 66.0 Å². The van der Waals surface area contributed by atoms with Crippen LogP contribution in [0, 0.1) is 52.3 Å². The number of allylic oxidation sites excluding steroid dienone is 1. The van der Waals surface area contributed by atoms with Gasteiger partial charge in [-0.25, -0.2) is 0 Å². The lowest BCUT2D eigenvalue weighted by atomic mass is 9.47. The fourth-order valence-electron chi connectivity index (χ4n) is 9.26. The number of hydrogen-bond acceptors (Lipinski definition) is 1. The van der Waals surface area contributed by atoms with Gasteiger partial charge in [-0.3, -0.25) is 0 Å². The van der Waals surface area contributed by atoms with Gasteiger partial charge in [0, 0.05) is 6.10 Å². The third-order valence-electron chi connectivity index (χ3n) is 11.6. The zero-order valence-electron chi connectivity index (χ0n) is 23.7. The molecule has 3 unspecified atom stereocenters. The molecule has 9 atom stereocenters. The van der Waals surface area contributed by atoms with Crippen LogP contribution in [0.1, 0.15) is 106 Å². The van der Waals surface area contributed by atoms with E-state index >= 15 is 0 Å². The highest BCUT2D eigenvalue weighted by molar-refractivity contribution is 6.69. The number of rotatable bonds is 7. The highest BCUT2D eigenvalue weighted by Gasteiger charge is 2.59. The zero-order chi connectivity index (χ0) is 24.2. The Hall–Kier alpha value is -0.0831. The molecule has 3 saturated carbocycles. The Morgan fingerprint density at radius 1 is 0.939 bits per heavy atom. The second-order valence-electron chi connectivity index (χ2n) is 14.9. The van der Waals surface area contributed by atoms with Crippen LogP contribution in [0.5, 0.6) is 0 Å². The average Bonchev–Trinajstić information content (AvgIpc) is 3.08. The molecule has 33 heavy (non-hydrogen) atoms. The van der Waals surface area contributed by atoms with E-state index < -0.39 is 8.32 Å². The molecule has 0 aromatic rings. The van der Waals surface area contributed by atoms with E-state index in [2.05, 4.69) is 67.3 Å². The van der Waals surface area contributed by atoms with E-state index in [9.17, 15) is 0 Å². The summed E-state index contributed by atoms with van der Waals surface area (Å²) in [7, 11) is -1.45. The first-order valence-corrected chi connectivity index (χ1v) is 18.1. The lowest BCUT2D eigenvalue weighted by Crippen LogP contribution is -2.51. The quantitative estimate of drug-likeness (QED) is 0.265. The summed E-state index contributed by atoms with van der Waals surface area (Å²) in [6.07, 6.45) is 17.3. The molecule has 4 aliphatic carbocycles. The molecule has 0 radical (unpaired) electrons. The average molecular weight is 473 g/mol. The second-order valence-corrected chi connectivity index (χ2v) is 19.3. The van der Waals surface area contributed by atoms with Gasteiger partial charge in [0.25, 0.3) is 0 Å². The molecule has 0 spiro atoms. The van der Waals surface area contributed by atoms with Crippen LogP contribution in [0.25, 0.3) is 0 Å². The molecule has 0 saturated heterocycles. The molecular formula is C31H56OSi. The molecule has 4 aliphatic rings. The van der Waals surface area contributed by atoms with Crippen LogP contribution in [-0.2, 0) is 4.43 Å². The normalized spacial score (nSPS) is 42.8. The second kappa shape index (κ2) is 9.42. The van der Waals surface area contributed by atoms with E-state index in [4.69, 9.17) is 4.43 Å². The number of hydrogen-bond donors (Lipinski definition) is 0. The predicted molar refractivity (Wildman–Crippen MR) is 146 cm³/mol. The topological polar surface area (TPSA) is 9.23 Å². The van der Waals surface area contributed by atoms with Gasteiger partial charge in [0.2, 0.25) is 0 Å². The molecule has 0 bridgehead atoms. The zero-order valence-corrected chi connectivity index (χ0v) is 24.7. The van der Waals surface area contributed by atoms with Crippen LogP contribution >= 0.6 is 0 Å². The van der Waals surface area contributed by atoms with Gasteiger partial charge in [0.05, 0.1) is 0 Å². The summed E-state index contributed by atoms with van der Waals surface area (Å²) in [4.78, 5) is 0. The summed E-state index contributed by atoms with van der Waals surface area (Å²) in [5.41, 5.74) is 2.84. The Bertz CT molecular complexity index is 719. The van der Waals surface area contributed by atoms with Gasteiger partial charge in [-0.15, -0.1) is 0 Å². The maximum atomic E-state index is 6.59. The van der Waals surface area contributed by atoms with E-state index in [1.165, 1.54) is 64.2 Å². The van der Waals surface area contributed by atoms with Crippen molar-refractivity contribution in [3.63, 3.8) is 0 Å². The Morgan fingerprint density at radius 2 is 1.67 bits per heavy atom. The molecule has 4 rings (SSSR count). The maximum Gasteiger partial charge on any atom is 0.184 e. The van der Waals surface area contributed by atoms with Gasteiger partial charge in [0.15, 0.2) is 8.32 Å². The van der Waals surface area contributed by atoms with Crippen molar-refractivity contribution >= 4 is 8.32 Å². The van der Waals surface area contributed by atoms with Crippen molar-refractivity contribution in [1.82, 2.24) is 0 Å². The van der Waals surface area contributed by atoms with Crippen molar-refractivity contribution in [3.05, 3.63) is 11.6 Å². The highest BCUT2D eigenvalue weighted by Crippen LogP contribution is 2.67. The van der Waals surface area contributed by atoms with E-state index in [0.717, 1.165) is 41.4 Å². The van der Waals surface area contributed by atoms with E-state index in [1.54, 1.807) is 5.57 Å². The summed E-state index contributed by atoms with van der Waals surface area (Å²) in [6, 6.07) is 0. The molecule has 190 valence electrons. The standard InChI is InChI=1S/C31H56OSi/c1-21(2)22(3)10-11-23(4)27-14-15-28-26-13-12-24-20-25(32-33(7,8)9)16-18-30(24,5)29(26)17-19-31(27,28)6/h12,21-23,25-29H,10-11,13-20H2,1-9H3/t22-,23-,25+,26?,27-,28?,29?,30+,31-/m1/s1. The molecule has 0 heterocycles. The largest absolute Gasteiger partial charge is 0.414 e. The molecule has 1 nitrogen and oxygen atoms in total. The van der Waals surface area contributed by atoms with E-state index in [-0.39, 0.29) is 0 Å². The molecule has 3 fully saturated rings. The van der Waals surface area contributed by atoms with Gasteiger partial charge < -0.3 is 4.43 Å². The molecule has 0 aromatic carbocycles. The molecular weight excluding hydrogens is 416 g/mol. The Labute approximate surface area is 208 Å². The van der Waals surface area contributed by atoms with Crippen LogP contribution in [0.2, 0.25) is 19.6 Å². The summed E-state index contributed by atoms with van der Waals surface area (Å²) in [6.45, 7) is 22.3. The van der Waals surface area contributed by atoms with Crippen LogP contribution in [0.15, 0.2) is 11.6 Å². The first kappa shape index (κ1) is 26.0. The minimum atomic E-state index is -1.45. The van der Waals surface area contributed by atoms with Gasteiger partial charge in [-0.05, 0) is 123 Å². The highest BCUT2D eigenvalue weighted by atomic mass is 28.4. The van der Waals surface area contributed by atoms with Crippen molar-refractivity contribution < 1.29 is 4.43 Å². The molecule has 0 aliphatic heterocycles. The Kier molecular flexibility index (Phi) is 7.42. The van der Waals surface area contributed by atoms with Gasteiger partial charge in [0.1, 0.15) is 0 Å². The van der Waals surface area contributed by atoms with Crippen LogP contribution < -0.4 is 0 Å². The minimum absolute atomic E-state index is 0.458. The van der Waals surface area contributed by atoms with Crippen molar-refractivity contribution in [2.75, 3.05) is 0 Å². The third kappa shape index (κ3) is 4.96. The monoisotopic (exact) mass is 472 g/mol. The predicted octanol–water partition coefficient (Wildman–Crippen LogP) is 9.49. The fraction of sp³-hybridized carbons (Fsp3) is 0.935. The van der Waals surface area contributed by atoms with Gasteiger partial charge >= 0.3 is 0 Å². The van der Waals surface area contributed by atoms with Crippen LogP contribution in [0.3, 0.4) is 0 Å². The lowest BCUT2D eigenvalue weighted by Gasteiger charge is -2.58. The molecule has 0 aromatic heterocycles. The summed E-state index contributed by atoms with van der Waals surface area (Å²) in [5.74, 6) is 6.40. The molecule has 0 N–H and O–H groups in total. The molecule has 2 heteroatoms. The smallest absolute Gasteiger partial charge is 0.184 e.